The monoisotopic (exact) mass is 468 g/mol. The fourth-order valence-corrected chi connectivity index (χ4v) is 5.06. The molecule has 0 atom stereocenters. The summed E-state index contributed by atoms with van der Waals surface area (Å²) in [5.41, 5.74) is 3.12. The number of aryl methyl sites for hydroxylation is 2. The minimum atomic E-state index is -3.30. The van der Waals surface area contributed by atoms with E-state index in [0.29, 0.717) is 29.3 Å². The van der Waals surface area contributed by atoms with Crippen molar-refractivity contribution in [3.8, 4) is 5.69 Å². The summed E-state index contributed by atoms with van der Waals surface area (Å²) in [5, 5.41) is 16.3. The molecule has 0 bridgehead atoms. The zero-order valence-electron chi connectivity index (χ0n) is 18.6. The van der Waals surface area contributed by atoms with Crippen LogP contribution in [-0.4, -0.2) is 45.6 Å². The largest absolute Gasteiger partial charge is 0.475 e. The smallest absolute Gasteiger partial charge is 0.368 e. The van der Waals surface area contributed by atoms with Gasteiger partial charge in [-0.15, -0.1) is 5.10 Å². The molecule has 0 unspecified atom stereocenters. The normalized spacial score (nSPS) is 16.6. The van der Waals surface area contributed by atoms with Crippen molar-refractivity contribution in [1.82, 2.24) is 19.8 Å². The van der Waals surface area contributed by atoms with Crippen LogP contribution < -0.4 is 5.69 Å². The molecule has 0 radical (unpaired) electrons. The van der Waals surface area contributed by atoms with Crippen molar-refractivity contribution < 1.29 is 13.2 Å². The van der Waals surface area contributed by atoms with Crippen molar-refractivity contribution in [2.24, 2.45) is 17.3 Å². The Balaban J connectivity index is 1.61. The quantitative estimate of drug-likeness (QED) is 0.321. The predicted molar refractivity (Wildman–Crippen MR) is 124 cm³/mol. The van der Waals surface area contributed by atoms with E-state index in [4.69, 9.17) is 4.74 Å². The molecule has 2 heterocycles. The molecular weight excluding hydrogens is 444 g/mol. The Morgan fingerprint density at radius 2 is 1.94 bits per heavy atom. The third-order valence-electron chi connectivity index (χ3n) is 5.44. The lowest BCUT2D eigenvalue weighted by molar-refractivity contribution is 0.282. The van der Waals surface area contributed by atoms with E-state index in [1.807, 2.05) is 26.0 Å². The van der Waals surface area contributed by atoms with Crippen LogP contribution >= 0.6 is 0 Å². The highest BCUT2D eigenvalue weighted by Gasteiger charge is 2.27. The van der Waals surface area contributed by atoms with Gasteiger partial charge in [0, 0.05) is 31.0 Å². The molecule has 0 saturated carbocycles. The van der Waals surface area contributed by atoms with E-state index >= 15 is 0 Å². The molecule has 33 heavy (non-hydrogen) atoms. The van der Waals surface area contributed by atoms with Gasteiger partial charge < -0.3 is 4.74 Å². The second kappa shape index (κ2) is 9.10. The van der Waals surface area contributed by atoms with E-state index in [9.17, 15) is 13.2 Å². The molecule has 0 saturated heterocycles. The summed E-state index contributed by atoms with van der Waals surface area (Å²) in [6.45, 7) is 3.98. The van der Waals surface area contributed by atoms with Gasteiger partial charge in [0.1, 0.15) is 6.61 Å². The maximum absolute atomic E-state index is 12.3. The average molecular weight is 469 g/mol. The molecule has 11 heteroatoms. The molecule has 1 aliphatic rings. The summed E-state index contributed by atoms with van der Waals surface area (Å²) in [6, 6.07) is 12.4. The topological polar surface area (TPSA) is 121 Å². The Morgan fingerprint density at radius 1 is 1.15 bits per heavy atom. The molecule has 10 nitrogen and oxygen atoms in total. The summed E-state index contributed by atoms with van der Waals surface area (Å²) < 4.78 is 33.0. The third kappa shape index (κ3) is 4.49. The Kier molecular flexibility index (Phi) is 6.23. The Labute approximate surface area is 191 Å². The summed E-state index contributed by atoms with van der Waals surface area (Å²) in [4.78, 5) is 12.6. The molecule has 0 amide bonds. The van der Waals surface area contributed by atoms with E-state index in [-0.39, 0.29) is 29.4 Å². The Morgan fingerprint density at radius 3 is 2.67 bits per heavy atom. The summed E-state index contributed by atoms with van der Waals surface area (Å²) in [7, 11) is -1.77. The summed E-state index contributed by atoms with van der Waals surface area (Å²) >= 11 is 0. The second-order valence-electron chi connectivity index (χ2n) is 7.62. The molecule has 1 aliphatic heterocycles. The van der Waals surface area contributed by atoms with E-state index in [0.717, 1.165) is 15.8 Å². The van der Waals surface area contributed by atoms with Crippen LogP contribution in [0.4, 0.5) is 0 Å². The maximum atomic E-state index is 12.3. The van der Waals surface area contributed by atoms with Crippen molar-refractivity contribution in [2.75, 3.05) is 5.75 Å². The average Bonchev–Trinajstić information content (AvgIpc) is 3.14. The molecule has 3 aromatic rings. The van der Waals surface area contributed by atoms with Gasteiger partial charge in [-0.1, -0.05) is 37.3 Å². The van der Waals surface area contributed by atoms with Crippen LogP contribution in [0, 0.1) is 6.92 Å². The van der Waals surface area contributed by atoms with Gasteiger partial charge in [0.25, 0.3) is 0 Å². The number of rotatable bonds is 5. The number of sulfone groups is 1. The van der Waals surface area contributed by atoms with Gasteiger partial charge in [0.2, 0.25) is 5.90 Å². The van der Waals surface area contributed by atoms with Crippen LogP contribution in [0.5, 0.6) is 0 Å². The zero-order valence-corrected chi connectivity index (χ0v) is 19.4. The molecule has 0 spiro atoms. The fraction of sp³-hybridized carbons (Fsp3) is 0.318. The van der Waals surface area contributed by atoms with E-state index in [1.165, 1.54) is 11.7 Å². The molecule has 0 N–H and O–H groups in total. The van der Waals surface area contributed by atoms with Gasteiger partial charge in [0.05, 0.1) is 22.0 Å². The van der Waals surface area contributed by atoms with Crippen LogP contribution in [0.25, 0.3) is 5.69 Å². The number of nitrogens with zero attached hydrogens (tertiary/aromatic N) is 6. The molecule has 1 aromatic heterocycles. The lowest BCUT2D eigenvalue weighted by Crippen LogP contribution is -2.23. The minimum Gasteiger partial charge on any atom is -0.475 e. The van der Waals surface area contributed by atoms with Gasteiger partial charge in [-0.3, -0.25) is 0 Å². The van der Waals surface area contributed by atoms with Crippen molar-refractivity contribution in [2.45, 2.75) is 38.2 Å². The van der Waals surface area contributed by atoms with Crippen LogP contribution in [0.15, 0.2) is 62.4 Å². The molecule has 4 rings (SSSR count). The van der Waals surface area contributed by atoms with Crippen molar-refractivity contribution in [3.05, 3.63) is 69.6 Å². The maximum Gasteiger partial charge on any atom is 0.368 e. The standard InChI is InChI=1S/C22H24N6O4S/c1-4-21(24-23-18-12-13-33(30,31)20-11-6-5-9-16(18)20)32-14-17-15(2)8-7-10-19(17)28-22(29)27(3)25-26-28/h5-11H,4,12-14H2,1-3H3. The SMILES string of the molecule is CCC(=NN=C1CCS(=O)(=O)c2ccccc21)OCc1c(C)cccc1-n1nnn(C)c1=O. The first-order chi connectivity index (χ1) is 15.8. The molecule has 172 valence electrons. The number of aromatic nitrogens is 4. The summed E-state index contributed by atoms with van der Waals surface area (Å²) in [5.74, 6) is 0.397. The minimum absolute atomic E-state index is 0.000114. The number of ether oxygens (including phenoxy) is 1. The van der Waals surface area contributed by atoms with Crippen LogP contribution in [0.3, 0.4) is 0 Å². The fourth-order valence-electron chi connectivity index (χ4n) is 3.57. The Hall–Kier alpha value is -3.60. The summed E-state index contributed by atoms with van der Waals surface area (Å²) in [6.07, 6.45) is 0.778. The highest BCUT2D eigenvalue weighted by atomic mass is 32.2. The number of hydrogen-bond donors (Lipinski definition) is 0. The molecule has 0 fully saturated rings. The lowest BCUT2D eigenvalue weighted by atomic mass is 10.1. The first kappa shape index (κ1) is 22.6. The van der Waals surface area contributed by atoms with E-state index < -0.39 is 9.84 Å². The Bertz CT molecular complexity index is 1420. The van der Waals surface area contributed by atoms with Gasteiger partial charge >= 0.3 is 5.69 Å². The van der Waals surface area contributed by atoms with Crippen molar-refractivity contribution >= 4 is 21.4 Å². The highest BCUT2D eigenvalue weighted by molar-refractivity contribution is 7.91. The van der Waals surface area contributed by atoms with Crippen LogP contribution in [0.2, 0.25) is 0 Å². The highest BCUT2D eigenvalue weighted by Crippen LogP contribution is 2.25. The number of hydrogen-bond acceptors (Lipinski definition) is 8. The predicted octanol–water partition coefficient (Wildman–Crippen LogP) is 2.18. The molecule has 2 aromatic carbocycles. The van der Waals surface area contributed by atoms with Crippen molar-refractivity contribution in [3.63, 3.8) is 0 Å². The lowest BCUT2D eigenvalue weighted by Gasteiger charge is -2.17. The van der Waals surface area contributed by atoms with Crippen LogP contribution in [-0.2, 0) is 28.2 Å². The first-order valence-electron chi connectivity index (χ1n) is 10.5. The zero-order chi connectivity index (χ0) is 23.6. The van der Waals surface area contributed by atoms with E-state index in [1.54, 1.807) is 30.3 Å². The van der Waals surface area contributed by atoms with Gasteiger partial charge in [-0.25, -0.2) is 13.2 Å². The number of benzene rings is 2. The number of tetrazole rings is 1. The van der Waals surface area contributed by atoms with Crippen LogP contribution in [0.1, 0.15) is 36.5 Å². The molecular formula is C22H24N6O4S. The van der Waals surface area contributed by atoms with Crippen molar-refractivity contribution in [1.29, 1.82) is 0 Å². The number of fused-ring (bicyclic) bond motifs is 1. The van der Waals surface area contributed by atoms with E-state index in [2.05, 4.69) is 20.6 Å². The second-order valence-corrected chi connectivity index (χ2v) is 9.69. The van der Waals surface area contributed by atoms with Gasteiger partial charge in [0.15, 0.2) is 9.84 Å². The van der Waals surface area contributed by atoms with Gasteiger partial charge in [-0.2, -0.15) is 14.5 Å². The van der Waals surface area contributed by atoms with Gasteiger partial charge in [-0.05, 0) is 35.0 Å². The first-order valence-corrected chi connectivity index (χ1v) is 12.1. The third-order valence-corrected chi connectivity index (χ3v) is 7.21. The molecule has 0 aliphatic carbocycles.